The Morgan fingerprint density at radius 1 is 1.44 bits per heavy atom. The van der Waals surface area contributed by atoms with Crippen LogP contribution < -0.4 is 5.32 Å². The third-order valence-corrected chi connectivity index (χ3v) is 5.34. The Morgan fingerprint density at radius 3 is 2.78 bits per heavy atom. The first-order valence-electron chi connectivity index (χ1n) is 7.40. The highest BCUT2D eigenvalue weighted by atomic mass is 16.1. The van der Waals surface area contributed by atoms with E-state index in [9.17, 15) is 4.79 Å². The van der Waals surface area contributed by atoms with E-state index in [1.54, 1.807) is 5.57 Å². The molecule has 2 aliphatic carbocycles. The van der Waals surface area contributed by atoms with Gasteiger partial charge in [0.25, 0.3) is 0 Å². The van der Waals surface area contributed by atoms with Crippen molar-refractivity contribution in [3.63, 3.8) is 0 Å². The summed E-state index contributed by atoms with van der Waals surface area (Å²) in [5, 5.41) is 3.14. The topological polar surface area (TPSA) is 29.1 Å². The molecule has 1 N–H and O–H groups in total. The molecule has 0 aromatic rings. The Labute approximate surface area is 111 Å². The zero-order valence-electron chi connectivity index (χ0n) is 12.2. The monoisotopic (exact) mass is 249 g/mol. The molecule has 1 amide bonds. The molecule has 0 aromatic carbocycles. The largest absolute Gasteiger partial charge is 0.353 e. The van der Waals surface area contributed by atoms with Crippen molar-refractivity contribution in [3.8, 4) is 0 Å². The van der Waals surface area contributed by atoms with Crippen LogP contribution in [0.1, 0.15) is 53.4 Å². The fourth-order valence-corrected chi connectivity index (χ4v) is 3.96. The van der Waals surface area contributed by atoms with Crippen LogP contribution in [0, 0.1) is 23.7 Å². The summed E-state index contributed by atoms with van der Waals surface area (Å²) < 4.78 is 0. The van der Waals surface area contributed by atoms with Crippen molar-refractivity contribution < 1.29 is 4.79 Å². The zero-order chi connectivity index (χ0) is 13.3. The molecule has 1 fully saturated rings. The number of hydrogen-bond donors (Lipinski definition) is 1. The smallest absolute Gasteiger partial charge is 0.207 e. The summed E-state index contributed by atoms with van der Waals surface area (Å²) in [7, 11) is 0. The van der Waals surface area contributed by atoms with Crippen LogP contribution in [-0.2, 0) is 4.79 Å². The Balaban J connectivity index is 2.31. The number of fused-ring (bicyclic) bond motifs is 1. The van der Waals surface area contributed by atoms with Gasteiger partial charge in [0.15, 0.2) is 0 Å². The van der Waals surface area contributed by atoms with E-state index >= 15 is 0 Å². The zero-order valence-corrected chi connectivity index (χ0v) is 12.2. The average molecular weight is 249 g/mol. The SMILES string of the molecule is CC(C)C1=CC2C(C)CCC2C(C)(NC=O)CC1. The summed E-state index contributed by atoms with van der Waals surface area (Å²) >= 11 is 0. The summed E-state index contributed by atoms with van der Waals surface area (Å²) in [5.41, 5.74) is 1.58. The van der Waals surface area contributed by atoms with Gasteiger partial charge in [-0.15, -0.1) is 0 Å². The van der Waals surface area contributed by atoms with E-state index in [1.807, 2.05) is 0 Å². The second-order valence-electron chi connectivity index (χ2n) is 6.81. The molecule has 2 rings (SSSR count). The molecular weight excluding hydrogens is 222 g/mol. The Kier molecular flexibility index (Phi) is 3.84. The number of carbonyl (C=O) groups excluding carboxylic acids is 1. The Morgan fingerprint density at radius 2 is 2.17 bits per heavy atom. The summed E-state index contributed by atoms with van der Waals surface area (Å²) in [6.45, 7) is 9.19. The minimum atomic E-state index is -0.00961. The molecule has 0 aliphatic heterocycles. The molecule has 1 saturated carbocycles. The first kappa shape index (κ1) is 13.6. The molecule has 0 radical (unpaired) electrons. The first-order chi connectivity index (χ1) is 8.48. The molecular formula is C16H27NO. The lowest BCUT2D eigenvalue weighted by atomic mass is 9.76. The van der Waals surface area contributed by atoms with Crippen molar-refractivity contribution in [3.05, 3.63) is 11.6 Å². The van der Waals surface area contributed by atoms with Crippen LogP contribution in [0.3, 0.4) is 0 Å². The van der Waals surface area contributed by atoms with E-state index in [2.05, 4.69) is 39.1 Å². The lowest BCUT2D eigenvalue weighted by Gasteiger charge is -2.37. The van der Waals surface area contributed by atoms with Crippen molar-refractivity contribution in [2.45, 2.75) is 58.9 Å². The standard InChI is InChI=1S/C16H27NO/c1-11(2)13-7-8-16(4,17-10-18)15-6-5-12(3)14(15)9-13/h9-12,14-15H,5-8H2,1-4H3,(H,17,18). The quantitative estimate of drug-likeness (QED) is 0.601. The number of hydrogen-bond acceptors (Lipinski definition) is 1. The van der Waals surface area contributed by atoms with Crippen molar-refractivity contribution in [1.29, 1.82) is 0 Å². The fourth-order valence-electron chi connectivity index (χ4n) is 3.96. The van der Waals surface area contributed by atoms with Gasteiger partial charge in [-0.2, -0.15) is 0 Å². The van der Waals surface area contributed by atoms with Crippen LogP contribution >= 0.6 is 0 Å². The highest BCUT2D eigenvalue weighted by Crippen LogP contribution is 2.48. The maximum absolute atomic E-state index is 10.9. The third kappa shape index (κ3) is 2.34. The molecule has 18 heavy (non-hydrogen) atoms. The highest BCUT2D eigenvalue weighted by molar-refractivity contribution is 5.48. The molecule has 0 spiro atoms. The van der Waals surface area contributed by atoms with Gasteiger partial charge in [0.1, 0.15) is 0 Å². The normalized spacial score (nSPS) is 40.1. The minimum Gasteiger partial charge on any atom is -0.353 e. The van der Waals surface area contributed by atoms with Crippen molar-refractivity contribution >= 4 is 6.41 Å². The number of nitrogens with one attached hydrogen (secondary N) is 1. The second-order valence-corrected chi connectivity index (χ2v) is 6.81. The average Bonchev–Trinajstić information content (AvgIpc) is 2.59. The molecule has 4 unspecified atom stereocenters. The van der Waals surface area contributed by atoms with Gasteiger partial charge in [0.2, 0.25) is 6.41 Å². The Hall–Kier alpha value is -0.790. The molecule has 2 aliphatic rings. The lowest BCUT2D eigenvalue weighted by molar-refractivity contribution is -0.111. The van der Waals surface area contributed by atoms with Gasteiger partial charge in [0.05, 0.1) is 0 Å². The van der Waals surface area contributed by atoms with Crippen LogP contribution in [0.25, 0.3) is 0 Å². The van der Waals surface area contributed by atoms with Gasteiger partial charge >= 0.3 is 0 Å². The molecule has 0 saturated heterocycles. The van der Waals surface area contributed by atoms with Crippen molar-refractivity contribution in [2.24, 2.45) is 23.7 Å². The van der Waals surface area contributed by atoms with Gasteiger partial charge in [-0.05, 0) is 56.3 Å². The maximum atomic E-state index is 10.9. The van der Waals surface area contributed by atoms with E-state index in [1.165, 1.54) is 12.8 Å². The highest BCUT2D eigenvalue weighted by Gasteiger charge is 2.45. The van der Waals surface area contributed by atoms with E-state index in [0.29, 0.717) is 17.8 Å². The van der Waals surface area contributed by atoms with E-state index in [-0.39, 0.29) is 5.54 Å². The van der Waals surface area contributed by atoms with E-state index in [4.69, 9.17) is 0 Å². The first-order valence-corrected chi connectivity index (χ1v) is 7.40. The molecule has 2 nitrogen and oxygen atoms in total. The Bertz CT molecular complexity index is 347. The molecule has 0 heterocycles. The number of allylic oxidation sites excluding steroid dienone is 2. The molecule has 4 atom stereocenters. The van der Waals surface area contributed by atoms with Crippen LogP contribution in [0.5, 0.6) is 0 Å². The van der Waals surface area contributed by atoms with Crippen LogP contribution in [-0.4, -0.2) is 11.9 Å². The van der Waals surface area contributed by atoms with Gasteiger partial charge < -0.3 is 5.32 Å². The molecule has 102 valence electrons. The van der Waals surface area contributed by atoms with Crippen LogP contribution in [0.4, 0.5) is 0 Å². The number of amides is 1. The van der Waals surface area contributed by atoms with Gasteiger partial charge in [-0.3, -0.25) is 4.79 Å². The summed E-state index contributed by atoms with van der Waals surface area (Å²) in [5.74, 6) is 2.67. The van der Waals surface area contributed by atoms with Gasteiger partial charge in [-0.1, -0.05) is 32.4 Å². The maximum Gasteiger partial charge on any atom is 0.207 e. The summed E-state index contributed by atoms with van der Waals surface area (Å²) in [6, 6.07) is 0. The fraction of sp³-hybridized carbons (Fsp3) is 0.812. The van der Waals surface area contributed by atoms with Crippen LogP contribution in [0.15, 0.2) is 11.6 Å². The number of rotatable bonds is 3. The van der Waals surface area contributed by atoms with E-state index < -0.39 is 0 Å². The number of carbonyl (C=O) groups is 1. The second kappa shape index (κ2) is 5.07. The third-order valence-electron chi connectivity index (χ3n) is 5.34. The summed E-state index contributed by atoms with van der Waals surface area (Å²) in [6.07, 6.45) is 8.22. The van der Waals surface area contributed by atoms with Crippen LogP contribution in [0.2, 0.25) is 0 Å². The predicted molar refractivity (Wildman–Crippen MR) is 75.1 cm³/mol. The molecule has 2 heteroatoms. The van der Waals surface area contributed by atoms with Gasteiger partial charge in [0, 0.05) is 5.54 Å². The molecule has 0 aromatic heterocycles. The lowest BCUT2D eigenvalue weighted by Crippen LogP contribution is -2.49. The van der Waals surface area contributed by atoms with Gasteiger partial charge in [-0.25, -0.2) is 0 Å². The van der Waals surface area contributed by atoms with E-state index in [0.717, 1.165) is 25.2 Å². The summed E-state index contributed by atoms with van der Waals surface area (Å²) in [4.78, 5) is 10.9. The van der Waals surface area contributed by atoms with Crippen molar-refractivity contribution in [2.75, 3.05) is 0 Å². The molecule has 0 bridgehead atoms. The predicted octanol–water partition coefficient (Wildman–Crippen LogP) is 3.53. The minimum absolute atomic E-state index is 0.00961. The van der Waals surface area contributed by atoms with Crippen molar-refractivity contribution in [1.82, 2.24) is 5.32 Å².